The highest BCUT2D eigenvalue weighted by atomic mass is 16.5. The lowest BCUT2D eigenvalue weighted by Gasteiger charge is -2.35. The van der Waals surface area contributed by atoms with Crippen molar-refractivity contribution in [3.05, 3.63) is 24.5 Å². The number of methoxy groups -OCH3 is 1. The van der Waals surface area contributed by atoms with Gasteiger partial charge in [-0.3, -0.25) is 4.79 Å². The minimum atomic E-state index is 0.129. The third-order valence-corrected chi connectivity index (χ3v) is 3.85. The number of hydrogen-bond acceptors (Lipinski definition) is 5. The Labute approximate surface area is 123 Å². The standard InChI is InChI=1S/C15H18N4O2/c1-11(20)18-5-7-19(8-6-18)15-13-9-12(21-2)3-4-14(13)16-10-17-15/h3-4,9-10H,5-8H2,1-2H3. The monoisotopic (exact) mass is 286 g/mol. The number of hydrogen-bond donors (Lipinski definition) is 0. The van der Waals surface area contributed by atoms with E-state index in [1.54, 1.807) is 20.4 Å². The summed E-state index contributed by atoms with van der Waals surface area (Å²) in [6.07, 6.45) is 1.58. The van der Waals surface area contributed by atoms with E-state index in [2.05, 4.69) is 14.9 Å². The number of carbonyl (C=O) groups is 1. The molecule has 1 fully saturated rings. The molecule has 0 atom stereocenters. The highest BCUT2D eigenvalue weighted by Crippen LogP contribution is 2.27. The van der Waals surface area contributed by atoms with Crippen molar-refractivity contribution in [2.45, 2.75) is 6.92 Å². The van der Waals surface area contributed by atoms with Gasteiger partial charge in [0, 0.05) is 38.5 Å². The maximum Gasteiger partial charge on any atom is 0.219 e. The van der Waals surface area contributed by atoms with Crippen LogP contribution < -0.4 is 9.64 Å². The van der Waals surface area contributed by atoms with Crippen LogP contribution in [-0.4, -0.2) is 54.1 Å². The first kappa shape index (κ1) is 13.6. The van der Waals surface area contributed by atoms with Crippen LogP contribution in [0.15, 0.2) is 24.5 Å². The van der Waals surface area contributed by atoms with E-state index >= 15 is 0 Å². The number of ether oxygens (including phenoxy) is 1. The second-order valence-corrected chi connectivity index (χ2v) is 5.07. The zero-order chi connectivity index (χ0) is 14.8. The molecule has 2 heterocycles. The van der Waals surface area contributed by atoms with Crippen LogP contribution in [0.3, 0.4) is 0 Å². The number of benzene rings is 1. The molecule has 1 aliphatic rings. The van der Waals surface area contributed by atoms with Gasteiger partial charge in [0.2, 0.25) is 5.91 Å². The molecule has 0 bridgehead atoms. The quantitative estimate of drug-likeness (QED) is 0.833. The molecular weight excluding hydrogens is 268 g/mol. The zero-order valence-electron chi connectivity index (χ0n) is 12.2. The van der Waals surface area contributed by atoms with Gasteiger partial charge in [-0.05, 0) is 18.2 Å². The second kappa shape index (κ2) is 5.55. The predicted molar refractivity (Wildman–Crippen MR) is 80.6 cm³/mol. The van der Waals surface area contributed by atoms with Crippen molar-refractivity contribution in [2.24, 2.45) is 0 Å². The Hall–Kier alpha value is -2.37. The Bertz CT molecular complexity index is 666. The van der Waals surface area contributed by atoms with Gasteiger partial charge >= 0.3 is 0 Å². The zero-order valence-corrected chi connectivity index (χ0v) is 12.2. The summed E-state index contributed by atoms with van der Waals surface area (Å²) in [5.41, 5.74) is 0.898. The Morgan fingerprint density at radius 2 is 1.95 bits per heavy atom. The van der Waals surface area contributed by atoms with E-state index in [9.17, 15) is 4.79 Å². The molecule has 6 heteroatoms. The molecular formula is C15H18N4O2. The topological polar surface area (TPSA) is 58.6 Å². The van der Waals surface area contributed by atoms with Crippen molar-refractivity contribution in [2.75, 3.05) is 38.2 Å². The second-order valence-electron chi connectivity index (χ2n) is 5.07. The molecule has 1 saturated heterocycles. The van der Waals surface area contributed by atoms with Crippen molar-refractivity contribution in [1.82, 2.24) is 14.9 Å². The lowest BCUT2D eigenvalue weighted by atomic mass is 10.2. The van der Waals surface area contributed by atoms with E-state index in [1.807, 2.05) is 23.1 Å². The van der Waals surface area contributed by atoms with Crippen LogP contribution in [0.2, 0.25) is 0 Å². The number of fused-ring (bicyclic) bond motifs is 1. The van der Waals surface area contributed by atoms with Crippen molar-refractivity contribution < 1.29 is 9.53 Å². The van der Waals surface area contributed by atoms with E-state index in [1.165, 1.54) is 0 Å². The average molecular weight is 286 g/mol. The highest BCUT2D eigenvalue weighted by Gasteiger charge is 2.21. The summed E-state index contributed by atoms with van der Waals surface area (Å²) in [7, 11) is 1.65. The van der Waals surface area contributed by atoms with E-state index in [4.69, 9.17) is 4.74 Å². The average Bonchev–Trinajstić information content (AvgIpc) is 2.54. The van der Waals surface area contributed by atoms with Crippen molar-refractivity contribution in [1.29, 1.82) is 0 Å². The minimum absolute atomic E-state index is 0.129. The van der Waals surface area contributed by atoms with Gasteiger partial charge in [0.05, 0.1) is 12.6 Å². The van der Waals surface area contributed by atoms with Crippen LogP contribution in [0.25, 0.3) is 10.9 Å². The van der Waals surface area contributed by atoms with E-state index in [-0.39, 0.29) is 5.91 Å². The van der Waals surface area contributed by atoms with Crippen LogP contribution in [0.4, 0.5) is 5.82 Å². The number of aromatic nitrogens is 2. The molecule has 1 aliphatic heterocycles. The molecule has 21 heavy (non-hydrogen) atoms. The van der Waals surface area contributed by atoms with Gasteiger partial charge in [0.15, 0.2) is 0 Å². The first-order valence-corrected chi connectivity index (χ1v) is 6.98. The molecule has 3 rings (SSSR count). The normalized spacial score (nSPS) is 15.3. The third kappa shape index (κ3) is 2.61. The smallest absolute Gasteiger partial charge is 0.219 e. The molecule has 0 aliphatic carbocycles. The summed E-state index contributed by atoms with van der Waals surface area (Å²) in [6, 6.07) is 5.79. The summed E-state index contributed by atoms with van der Waals surface area (Å²) in [5.74, 6) is 1.83. The molecule has 0 radical (unpaired) electrons. The number of rotatable bonds is 2. The molecule has 0 saturated carbocycles. The van der Waals surface area contributed by atoms with Crippen molar-refractivity contribution in [3.8, 4) is 5.75 Å². The molecule has 0 spiro atoms. The Balaban J connectivity index is 1.92. The molecule has 110 valence electrons. The number of anilines is 1. The summed E-state index contributed by atoms with van der Waals surface area (Å²) in [5, 5.41) is 0.980. The lowest BCUT2D eigenvalue weighted by Crippen LogP contribution is -2.48. The first-order chi connectivity index (χ1) is 10.2. The molecule has 0 unspecified atom stereocenters. The third-order valence-electron chi connectivity index (χ3n) is 3.85. The maximum absolute atomic E-state index is 11.4. The number of carbonyl (C=O) groups excluding carboxylic acids is 1. The van der Waals surface area contributed by atoms with Gasteiger partial charge in [-0.25, -0.2) is 9.97 Å². The molecule has 1 aromatic carbocycles. The fraction of sp³-hybridized carbons (Fsp3) is 0.400. The summed E-state index contributed by atoms with van der Waals surface area (Å²) in [4.78, 5) is 24.2. The highest BCUT2D eigenvalue weighted by molar-refractivity contribution is 5.90. The number of nitrogens with zero attached hydrogens (tertiary/aromatic N) is 4. The lowest BCUT2D eigenvalue weighted by molar-refractivity contribution is -0.129. The number of amides is 1. The minimum Gasteiger partial charge on any atom is -0.497 e. The van der Waals surface area contributed by atoms with Gasteiger partial charge in [-0.15, -0.1) is 0 Å². The molecule has 1 amide bonds. The van der Waals surface area contributed by atoms with Crippen LogP contribution >= 0.6 is 0 Å². The van der Waals surface area contributed by atoms with Gasteiger partial charge in [-0.1, -0.05) is 0 Å². The van der Waals surface area contributed by atoms with Crippen LogP contribution in [-0.2, 0) is 4.79 Å². The van der Waals surface area contributed by atoms with E-state index < -0.39 is 0 Å². The van der Waals surface area contributed by atoms with Gasteiger partial charge in [0.25, 0.3) is 0 Å². The summed E-state index contributed by atoms with van der Waals surface area (Å²) >= 11 is 0. The first-order valence-electron chi connectivity index (χ1n) is 6.98. The Kier molecular flexibility index (Phi) is 3.60. The Morgan fingerprint density at radius 1 is 1.19 bits per heavy atom. The molecule has 1 aromatic heterocycles. The Morgan fingerprint density at radius 3 is 2.62 bits per heavy atom. The molecule has 6 nitrogen and oxygen atoms in total. The largest absolute Gasteiger partial charge is 0.497 e. The summed E-state index contributed by atoms with van der Waals surface area (Å²) in [6.45, 7) is 4.63. The maximum atomic E-state index is 11.4. The molecule has 0 N–H and O–H groups in total. The van der Waals surface area contributed by atoms with Crippen LogP contribution in [0, 0.1) is 0 Å². The van der Waals surface area contributed by atoms with E-state index in [0.29, 0.717) is 0 Å². The van der Waals surface area contributed by atoms with Crippen LogP contribution in [0.1, 0.15) is 6.92 Å². The fourth-order valence-electron chi connectivity index (χ4n) is 2.63. The predicted octanol–water partition coefficient (Wildman–Crippen LogP) is 1.31. The van der Waals surface area contributed by atoms with Crippen molar-refractivity contribution in [3.63, 3.8) is 0 Å². The fourth-order valence-corrected chi connectivity index (χ4v) is 2.63. The SMILES string of the molecule is COc1ccc2ncnc(N3CCN(C(C)=O)CC3)c2c1. The van der Waals surface area contributed by atoms with Gasteiger partial charge in [-0.2, -0.15) is 0 Å². The molecule has 2 aromatic rings. The number of piperazine rings is 1. The van der Waals surface area contributed by atoms with Gasteiger partial charge in [0.1, 0.15) is 17.9 Å². The van der Waals surface area contributed by atoms with Crippen molar-refractivity contribution >= 4 is 22.6 Å². The summed E-state index contributed by atoms with van der Waals surface area (Å²) < 4.78 is 5.29. The van der Waals surface area contributed by atoms with Gasteiger partial charge < -0.3 is 14.5 Å². The van der Waals surface area contributed by atoms with Crippen LogP contribution in [0.5, 0.6) is 5.75 Å². The van der Waals surface area contributed by atoms with E-state index in [0.717, 1.165) is 48.6 Å².